The Bertz CT molecular complexity index is 104. The number of hydrogen-bond donors (Lipinski definition) is 2. The normalized spacial score (nSPS) is 16.8. The van der Waals surface area contributed by atoms with Crippen molar-refractivity contribution in [2.24, 2.45) is 0 Å². The number of alkyl halides is 1. The van der Waals surface area contributed by atoms with Crippen LogP contribution in [0.1, 0.15) is 13.3 Å². The molecule has 2 N–H and O–H groups in total. The Morgan fingerprint density at radius 2 is 2.22 bits per heavy atom. The molecule has 0 saturated heterocycles. The summed E-state index contributed by atoms with van der Waals surface area (Å²) in [7, 11) is 0. The van der Waals surface area contributed by atoms with E-state index in [4.69, 9.17) is 10.2 Å². The standard InChI is InChI=1S/C5H9FO3/c1-2-3(7)4(6)5(8)9/h3-4,7H,2H2,1H3,(H,8,9). The van der Waals surface area contributed by atoms with E-state index in [1.807, 2.05) is 0 Å². The lowest BCUT2D eigenvalue weighted by Crippen LogP contribution is -2.28. The van der Waals surface area contributed by atoms with Gasteiger partial charge in [0.25, 0.3) is 0 Å². The average molecular weight is 136 g/mol. The minimum atomic E-state index is -2.14. The lowest BCUT2D eigenvalue weighted by atomic mass is 10.2. The third kappa shape index (κ3) is 2.41. The predicted molar refractivity (Wildman–Crippen MR) is 28.8 cm³/mol. The number of hydrogen-bond acceptors (Lipinski definition) is 2. The summed E-state index contributed by atoms with van der Waals surface area (Å²) in [6, 6.07) is 0. The first-order valence-corrected chi connectivity index (χ1v) is 2.64. The molecule has 0 rings (SSSR count). The summed E-state index contributed by atoms with van der Waals surface area (Å²) in [6.45, 7) is 1.51. The second kappa shape index (κ2) is 3.40. The minimum Gasteiger partial charge on any atom is -0.479 e. The van der Waals surface area contributed by atoms with Gasteiger partial charge in [0.1, 0.15) is 0 Å². The van der Waals surface area contributed by atoms with Crippen LogP contribution in [0.3, 0.4) is 0 Å². The van der Waals surface area contributed by atoms with Gasteiger partial charge >= 0.3 is 5.97 Å². The van der Waals surface area contributed by atoms with E-state index in [9.17, 15) is 9.18 Å². The Kier molecular flexibility index (Phi) is 3.16. The zero-order chi connectivity index (χ0) is 7.44. The number of aliphatic hydroxyl groups excluding tert-OH is 1. The van der Waals surface area contributed by atoms with Crippen molar-refractivity contribution < 1.29 is 19.4 Å². The molecule has 0 fully saturated rings. The molecule has 3 nitrogen and oxygen atoms in total. The van der Waals surface area contributed by atoms with Crippen molar-refractivity contribution in [3.63, 3.8) is 0 Å². The van der Waals surface area contributed by atoms with Crippen LogP contribution in [0.15, 0.2) is 0 Å². The Morgan fingerprint density at radius 3 is 2.33 bits per heavy atom. The van der Waals surface area contributed by atoms with Crippen molar-refractivity contribution in [3.8, 4) is 0 Å². The van der Waals surface area contributed by atoms with Crippen molar-refractivity contribution >= 4 is 5.97 Å². The minimum absolute atomic E-state index is 0.119. The molecule has 0 amide bonds. The SMILES string of the molecule is CCC(O)C(F)C(=O)O. The van der Waals surface area contributed by atoms with Gasteiger partial charge in [-0.1, -0.05) is 6.92 Å². The Labute approximate surface area is 52.1 Å². The van der Waals surface area contributed by atoms with Crippen LogP contribution in [0.4, 0.5) is 4.39 Å². The summed E-state index contributed by atoms with van der Waals surface area (Å²) >= 11 is 0. The second-order valence-corrected chi connectivity index (χ2v) is 1.72. The summed E-state index contributed by atoms with van der Waals surface area (Å²) in [6.07, 6.45) is -3.40. The van der Waals surface area contributed by atoms with Gasteiger partial charge in [0.05, 0.1) is 6.10 Å². The van der Waals surface area contributed by atoms with Gasteiger partial charge in [-0.3, -0.25) is 0 Å². The van der Waals surface area contributed by atoms with Crippen LogP contribution >= 0.6 is 0 Å². The van der Waals surface area contributed by atoms with Crippen LogP contribution in [0.25, 0.3) is 0 Å². The maximum Gasteiger partial charge on any atom is 0.341 e. The summed E-state index contributed by atoms with van der Waals surface area (Å²) in [5.74, 6) is -1.61. The number of carboxylic acids is 1. The van der Waals surface area contributed by atoms with E-state index in [1.165, 1.54) is 6.92 Å². The van der Waals surface area contributed by atoms with Gasteiger partial charge in [-0.15, -0.1) is 0 Å². The molecule has 0 aromatic rings. The molecule has 0 heterocycles. The fourth-order valence-corrected chi connectivity index (χ4v) is 0.372. The maximum atomic E-state index is 12.1. The topological polar surface area (TPSA) is 57.5 Å². The van der Waals surface area contributed by atoms with Gasteiger partial charge in [0.15, 0.2) is 0 Å². The molecule has 0 aliphatic carbocycles. The quantitative estimate of drug-likeness (QED) is 0.581. The third-order valence-electron chi connectivity index (χ3n) is 0.992. The number of aliphatic carboxylic acids is 1. The molecule has 0 spiro atoms. The molecule has 2 atom stereocenters. The highest BCUT2D eigenvalue weighted by Gasteiger charge is 2.23. The van der Waals surface area contributed by atoms with Gasteiger partial charge in [0.2, 0.25) is 6.17 Å². The van der Waals surface area contributed by atoms with E-state index >= 15 is 0 Å². The molecule has 0 radical (unpaired) electrons. The van der Waals surface area contributed by atoms with Crippen LogP contribution in [-0.2, 0) is 4.79 Å². The highest BCUT2D eigenvalue weighted by Crippen LogP contribution is 2.02. The largest absolute Gasteiger partial charge is 0.479 e. The van der Waals surface area contributed by atoms with Crippen molar-refractivity contribution in [1.82, 2.24) is 0 Å². The zero-order valence-electron chi connectivity index (χ0n) is 5.04. The first-order chi connectivity index (χ1) is 4.09. The molecular formula is C5H9FO3. The van der Waals surface area contributed by atoms with E-state index in [1.54, 1.807) is 0 Å². The summed E-state index contributed by atoms with van der Waals surface area (Å²) < 4.78 is 12.1. The maximum absolute atomic E-state index is 12.1. The van der Waals surface area contributed by atoms with Crippen LogP contribution in [-0.4, -0.2) is 28.5 Å². The van der Waals surface area contributed by atoms with E-state index in [2.05, 4.69) is 0 Å². The average Bonchev–Trinajstić information content (AvgIpc) is 1.84. The summed E-state index contributed by atoms with van der Waals surface area (Å²) in [5.41, 5.74) is 0. The third-order valence-corrected chi connectivity index (χ3v) is 0.992. The van der Waals surface area contributed by atoms with Gasteiger partial charge in [-0.2, -0.15) is 0 Å². The van der Waals surface area contributed by atoms with Crippen molar-refractivity contribution in [1.29, 1.82) is 0 Å². The van der Waals surface area contributed by atoms with E-state index < -0.39 is 18.2 Å². The van der Waals surface area contributed by atoms with E-state index in [0.717, 1.165) is 0 Å². The molecule has 0 aromatic heterocycles. The molecule has 54 valence electrons. The molecule has 0 bridgehead atoms. The molecule has 0 aliphatic rings. The molecule has 9 heavy (non-hydrogen) atoms. The predicted octanol–water partition coefficient (Wildman–Crippen LogP) is 0.180. The van der Waals surface area contributed by atoms with Gasteiger partial charge in [0, 0.05) is 0 Å². The van der Waals surface area contributed by atoms with Crippen LogP contribution in [0, 0.1) is 0 Å². The highest BCUT2D eigenvalue weighted by molar-refractivity contribution is 5.72. The first kappa shape index (κ1) is 8.36. The fraction of sp³-hybridized carbons (Fsp3) is 0.800. The Morgan fingerprint density at radius 1 is 1.78 bits per heavy atom. The summed E-state index contributed by atoms with van der Waals surface area (Å²) in [5, 5.41) is 16.5. The smallest absolute Gasteiger partial charge is 0.341 e. The number of halogens is 1. The van der Waals surface area contributed by atoms with E-state index in [0.29, 0.717) is 0 Å². The first-order valence-electron chi connectivity index (χ1n) is 2.64. The molecule has 0 aliphatic heterocycles. The Balaban J connectivity index is 3.72. The molecule has 0 saturated carbocycles. The van der Waals surface area contributed by atoms with Gasteiger partial charge in [-0.25, -0.2) is 9.18 Å². The summed E-state index contributed by atoms with van der Waals surface area (Å²) in [4.78, 5) is 9.76. The molecule has 0 aromatic carbocycles. The van der Waals surface area contributed by atoms with E-state index in [-0.39, 0.29) is 6.42 Å². The molecule has 2 unspecified atom stereocenters. The number of carbonyl (C=O) groups is 1. The second-order valence-electron chi connectivity index (χ2n) is 1.72. The van der Waals surface area contributed by atoms with Crippen molar-refractivity contribution in [2.75, 3.05) is 0 Å². The number of rotatable bonds is 3. The monoisotopic (exact) mass is 136 g/mol. The Hall–Kier alpha value is -0.640. The van der Waals surface area contributed by atoms with Crippen LogP contribution < -0.4 is 0 Å². The number of aliphatic hydroxyl groups is 1. The highest BCUT2D eigenvalue weighted by atomic mass is 19.1. The number of carboxylic acid groups (broad SMARTS) is 1. The zero-order valence-corrected chi connectivity index (χ0v) is 5.04. The van der Waals surface area contributed by atoms with Crippen LogP contribution in [0.2, 0.25) is 0 Å². The lowest BCUT2D eigenvalue weighted by Gasteiger charge is -2.07. The molecular weight excluding hydrogens is 127 g/mol. The van der Waals surface area contributed by atoms with Gasteiger partial charge < -0.3 is 10.2 Å². The lowest BCUT2D eigenvalue weighted by molar-refractivity contribution is -0.147. The van der Waals surface area contributed by atoms with Crippen LogP contribution in [0.5, 0.6) is 0 Å². The van der Waals surface area contributed by atoms with Crippen molar-refractivity contribution in [2.45, 2.75) is 25.6 Å². The van der Waals surface area contributed by atoms with Gasteiger partial charge in [-0.05, 0) is 6.42 Å². The fourth-order valence-electron chi connectivity index (χ4n) is 0.372. The molecule has 4 heteroatoms. The van der Waals surface area contributed by atoms with Crippen molar-refractivity contribution in [3.05, 3.63) is 0 Å².